The standard InChI is InChI=1S/C10H10N4O2/c11-6-3-1-5(2-4-7(15)16)8-9(6)14-10(12)13-8/h1-4H,11H2,(H,15,16)(H3,12,13,14). The Morgan fingerprint density at radius 3 is 2.88 bits per heavy atom. The molecule has 2 aromatic rings. The van der Waals surface area contributed by atoms with E-state index >= 15 is 0 Å². The molecule has 0 saturated heterocycles. The minimum atomic E-state index is -1.02. The zero-order chi connectivity index (χ0) is 11.7. The van der Waals surface area contributed by atoms with Crippen molar-refractivity contribution in [2.45, 2.75) is 0 Å². The van der Waals surface area contributed by atoms with E-state index in [1.54, 1.807) is 12.1 Å². The maximum atomic E-state index is 10.4. The molecule has 0 aliphatic carbocycles. The van der Waals surface area contributed by atoms with Crippen LogP contribution in [0.5, 0.6) is 0 Å². The summed E-state index contributed by atoms with van der Waals surface area (Å²) < 4.78 is 0. The fourth-order valence-corrected chi connectivity index (χ4v) is 1.45. The number of carboxylic acids is 1. The smallest absolute Gasteiger partial charge is 0.328 e. The lowest BCUT2D eigenvalue weighted by Crippen LogP contribution is -1.89. The van der Waals surface area contributed by atoms with E-state index < -0.39 is 5.97 Å². The van der Waals surface area contributed by atoms with Crippen molar-refractivity contribution < 1.29 is 9.90 Å². The lowest BCUT2D eigenvalue weighted by atomic mass is 10.1. The van der Waals surface area contributed by atoms with Crippen molar-refractivity contribution in [1.29, 1.82) is 0 Å². The van der Waals surface area contributed by atoms with E-state index in [0.717, 1.165) is 6.08 Å². The van der Waals surface area contributed by atoms with Crippen molar-refractivity contribution in [3.8, 4) is 0 Å². The number of carbonyl (C=O) groups is 1. The number of nitrogens with zero attached hydrogens (tertiary/aromatic N) is 1. The number of nitrogen functional groups attached to an aromatic ring is 2. The van der Waals surface area contributed by atoms with Crippen LogP contribution in [0, 0.1) is 0 Å². The maximum Gasteiger partial charge on any atom is 0.328 e. The molecule has 1 aromatic heterocycles. The molecule has 0 atom stereocenters. The molecule has 0 aliphatic heterocycles. The van der Waals surface area contributed by atoms with Crippen LogP contribution in [0.1, 0.15) is 5.56 Å². The Morgan fingerprint density at radius 1 is 1.44 bits per heavy atom. The van der Waals surface area contributed by atoms with Gasteiger partial charge in [0.2, 0.25) is 0 Å². The minimum absolute atomic E-state index is 0.248. The van der Waals surface area contributed by atoms with E-state index in [4.69, 9.17) is 16.6 Å². The van der Waals surface area contributed by atoms with Crippen LogP contribution < -0.4 is 11.5 Å². The zero-order valence-electron chi connectivity index (χ0n) is 8.27. The third-order valence-corrected chi connectivity index (χ3v) is 2.13. The number of H-pyrrole nitrogens is 1. The van der Waals surface area contributed by atoms with Crippen LogP contribution in [0.3, 0.4) is 0 Å². The Morgan fingerprint density at radius 2 is 2.19 bits per heavy atom. The van der Waals surface area contributed by atoms with Gasteiger partial charge in [0, 0.05) is 11.6 Å². The molecule has 0 spiro atoms. The van der Waals surface area contributed by atoms with Crippen molar-refractivity contribution in [2.24, 2.45) is 0 Å². The van der Waals surface area contributed by atoms with Gasteiger partial charge in [-0.1, -0.05) is 6.07 Å². The van der Waals surface area contributed by atoms with Crippen molar-refractivity contribution in [1.82, 2.24) is 9.97 Å². The fourth-order valence-electron chi connectivity index (χ4n) is 1.45. The van der Waals surface area contributed by atoms with E-state index in [2.05, 4.69) is 9.97 Å². The van der Waals surface area contributed by atoms with Crippen molar-refractivity contribution in [3.63, 3.8) is 0 Å². The molecule has 6 nitrogen and oxygen atoms in total. The van der Waals surface area contributed by atoms with E-state index in [9.17, 15) is 4.79 Å². The Hall–Kier alpha value is -2.50. The van der Waals surface area contributed by atoms with Gasteiger partial charge in [0.15, 0.2) is 5.95 Å². The monoisotopic (exact) mass is 218 g/mol. The summed E-state index contributed by atoms with van der Waals surface area (Å²) in [5, 5.41) is 8.54. The first-order valence-corrected chi connectivity index (χ1v) is 4.52. The van der Waals surface area contributed by atoms with Crippen LogP contribution in [0.4, 0.5) is 11.6 Å². The molecule has 0 radical (unpaired) electrons. The lowest BCUT2D eigenvalue weighted by molar-refractivity contribution is -0.131. The summed E-state index contributed by atoms with van der Waals surface area (Å²) in [4.78, 5) is 17.3. The summed E-state index contributed by atoms with van der Waals surface area (Å²) in [5.74, 6) is -0.772. The van der Waals surface area contributed by atoms with Gasteiger partial charge in [0.25, 0.3) is 0 Å². The molecule has 16 heavy (non-hydrogen) atoms. The third-order valence-electron chi connectivity index (χ3n) is 2.13. The molecule has 0 saturated carbocycles. The molecular formula is C10H10N4O2. The highest BCUT2D eigenvalue weighted by atomic mass is 16.4. The first kappa shape index (κ1) is 10.0. The molecular weight excluding hydrogens is 208 g/mol. The molecule has 1 heterocycles. The largest absolute Gasteiger partial charge is 0.478 e. The first-order valence-electron chi connectivity index (χ1n) is 4.52. The van der Waals surface area contributed by atoms with Gasteiger partial charge in [-0.05, 0) is 12.1 Å². The number of anilines is 2. The molecule has 0 aliphatic rings. The number of fused-ring (bicyclic) bond motifs is 1. The van der Waals surface area contributed by atoms with Gasteiger partial charge in [-0.25, -0.2) is 9.78 Å². The summed E-state index contributed by atoms with van der Waals surface area (Å²) in [6.45, 7) is 0. The van der Waals surface area contributed by atoms with Crippen molar-refractivity contribution in [3.05, 3.63) is 23.8 Å². The summed E-state index contributed by atoms with van der Waals surface area (Å²) in [7, 11) is 0. The highest BCUT2D eigenvalue weighted by Crippen LogP contribution is 2.24. The summed E-state index contributed by atoms with van der Waals surface area (Å²) in [6.07, 6.45) is 2.49. The number of hydrogen-bond donors (Lipinski definition) is 4. The second-order valence-corrected chi connectivity index (χ2v) is 3.26. The van der Waals surface area contributed by atoms with Crippen LogP contribution in [0.15, 0.2) is 18.2 Å². The van der Waals surface area contributed by atoms with Gasteiger partial charge >= 0.3 is 5.97 Å². The number of aliphatic carboxylic acids is 1. The normalized spacial score (nSPS) is 11.2. The van der Waals surface area contributed by atoms with Gasteiger partial charge in [-0.3, -0.25) is 0 Å². The van der Waals surface area contributed by atoms with Crippen LogP contribution in [0.2, 0.25) is 0 Å². The van der Waals surface area contributed by atoms with Gasteiger partial charge in [-0.2, -0.15) is 0 Å². The highest BCUT2D eigenvalue weighted by molar-refractivity contribution is 5.96. The Kier molecular flexibility index (Phi) is 2.24. The molecule has 1 aromatic carbocycles. The number of aromatic nitrogens is 2. The first-order chi connectivity index (χ1) is 7.58. The molecule has 0 bridgehead atoms. The van der Waals surface area contributed by atoms with Crippen molar-refractivity contribution >= 4 is 34.7 Å². The second-order valence-electron chi connectivity index (χ2n) is 3.26. The Balaban J connectivity index is 2.62. The van der Waals surface area contributed by atoms with Gasteiger partial charge in [0.05, 0.1) is 16.7 Å². The van der Waals surface area contributed by atoms with E-state index in [1.807, 2.05) is 0 Å². The molecule has 6 N–H and O–H groups in total. The zero-order valence-corrected chi connectivity index (χ0v) is 8.27. The van der Waals surface area contributed by atoms with Crippen LogP contribution in [-0.4, -0.2) is 21.0 Å². The number of rotatable bonds is 2. The van der Waals surface area contributed by atoms with Crippen molar-refractivity contribution in [2.75, 3.05) is 11.5 Å². The summed E-state index contributed by atoms with van der Waals surface area (Å²) in [5.41, 5.74) is 13.6. The van der Waals surface area contributed by atoms with E-state index in [1.165, 1.54) is 6.08 Å². The lowest BCUT2D eigenvalue weighted by Gasteiger charge is -1.98. The molecule has 0 fully saturated rings. The number of benzene rings is 1. The summed E-state index contributed by atoms with van der Waals surface area (Å²) in [6, 6.07) is 3.36. The average Bonchev–Trinajstić information content (AvgIpc) is 2.59. The third kappa shape index (κ3) is 1.68. The molecule has 6 heteroatoms. The molecule has 82 valence electrons. The van der Waals surface area contributed by atoms with Gasteiger partial charge in [0.1, 0.15) is 0 Å². The number of nitrogens with two attached hydrogens (primary N) is 2. The number of hydrogen-bond acceptors (Lipinski definition) is 4. The predicted octanol–water partition coefficient (Wildman–Crippen LogP) is 0.825. The minimum Gasteiger partial charge on any atom is -0.478 e. The topological polar surface area (TPSA) is 118 Å². The number of nitrogens with one attached hydrogen (secondary N) is 1. The fraction of sp³-hybridized carbons (Fsp3) is 0. The highest BCUT2D eigenvalue weighted by Gasteiger charge is 2.07. The van der Waals surface area contributed by atoms with Crippen LogP contribution in [0.25, 0.3) is 17.1 Å². The van der Waals surface area contributed by atoms with E-state index in [-0.39, 0.29) is 5.95 Å². The van der Waals surface area contributed by atoms with Crippen LogP contribution >= 0.6 is 0 Å². The number of imidazole rings is 1. The summed E-state index contributed by atoms with van der Waals surface area (Å²) >= 11 is 0. The number of aromatic amines is 1. The second kappa shape index (κ2) is 3.58. The maximum absolute atomic E-state index is 10.4. The van der Waals surface area contributed by atoms with Gasteiger partial charge < -0.3 is 21.6 Å². The average molecular weight is 218 g/mol. The SMILES string of the molecule is Nc1nc2c(C=CC(=O)O)ccc(N)c2[nH]1. The molecule has 0 amide bonds. The Bertz CT molecular complexity index is 586. The quantitative estimate of drug-likeness (QED) is 0.439. The Labute approximate surface area is 90.6 Å². The van der Waals surface area contributed by atoms with Gasteiger partial charge in [-0.15, -0.1) is 0 Å². The molecule has 0 unspecified atom stereocenters. The molecule has 2 rings (SSSR count). The van der Waals surface area contributed by atoms with Crippen LogP contribution in [-0.2, 0) is 4.79 Å². The van der Waals surface area contributed by atoms with E-state index in [0.29, 0.717) is 22.3 Å². The number of carboxylic acid groups (broad SMARTS) is 1. The predicted molar refractivity (Wildman–Crippen MR) is 61.6 cm³/mol.